The molecule has 2 fully saturated rings. The van der Waals surface area contributed by atoms with Gasteiger partial charge in [0.15, 0.2) is 0 Å². The highest BCUT2D eigenvalue weighted by molar-refractivity contribution is 6.00. The molecule has 2 heterocycles. The topological polar surface area (TPSA) is 62.3 Å². The van der Waals surface area contributed by atoms with Gasteiger partial charge < -0.3 is 5.32 Å². The Kier molecular flexibility index (Phi) is 3.43. The molecule has 5 heteroatoms. The molecule has 1 aromatic heterocycles. The molecule has 0 atom stereocenters. The zero-order valence-corrected chi connectivity index (χ0v) is 12.6. The summed E-state index contributed by atoms with van der Waals surface area (Å²) in [6.45, 7) is 4.67. The van der Waals surface area contributed by atoms with E-state index in [1.165, 1.54) is 4.90 Å². The van der Waals surface area contributed by atoms with Gasteiger partial charge in [-0.05, 0) is 44.4 Å². The third-order valence-electron chi connectivity index (χ3n) is 4.56. The first-order chi connectivity index (χ1) is 10.00. The molecular formula is C16H21N3O2. The van der Waals surface area contributed by atoms with Gasteiger partial charge >= 0.3 is 6.03 Å². The minimum absolute atomic E-state index is 0.00383. The Morgan fingerprint density at radius 3 is 2.43 bits per heavy atom. The first-order valence-corrected chi connectivity index (χ1v) is 7.54. The van der Waals surface area contributed by atoms with Crippen LogP contribution in [-0.2, 0) is 11.3 Å². The lowest BCUT2D eigenvalue weighted by atomic mass is 9.83. The maximum absolute atomic E-state index is 12.8. The summed E-state index contributed by atoms with van der Waals surface area (Å²) in [5.41, 5.74) is 2.42. The van der Waals surface area contributed by atoms with Crippen molar-refractivity contribution in [1.29, 1.82) is 0 Å². The Morgan fingerprint density at radius 1 is 1.19 bits per heavy atom. The molecule has 1 saturated heterocycles. The Balaban J connectivity index is 1.85. The van der Waals surface area contributed by atoms with Crippen LogP contribution in [0.5, 0.6) is 0 Å². The zero-order valence-electron chi connectivity index (χ0n) is 12.6. The van der Waals surface area contributed by atoms with Crippen LogP contribution in [0.1, 0.15) is 42.6 Å². The summed E-state index contributed by atoms with van der Waals surface area (Å²) in [4.78, 5) is 30.6. The summed E-state index contributed by atoms with van der Waals surface area (Å²) in [7, 11) is 0. The molecule has 0 radical (unpaired) electrons. The van der Waals surface area contributed by atoms with Gasteiger partial charge in [0.05, 0.1) is 12.0 Å². The monoisotopic (exact) mass is 287 g/mol. The van der Waals surface area contributed by atoms with Crippen LogP contribution in [0.2, 0.25) is 0 Å². The van der Waals surface area contributed by atoms with E-state index in [1.54, 1.807) is 0 Å². The highest BCUT2D eigenvalue weighted by Crippen LogP contribution is 2.41. The first-order valence-electron chi connectivity index (χ1n) is 7.54. The molecule has 1 N–H and O–H groups in total. The van der Waals surface area contributed by atoms with Crippen molar-refractivity contribution < 1.29 is 9.59 Å². The number of imide groups is 1. The minimum Gasteiger partial charge on any atom is -0.337 e. The number of aryl methyl sites for hydroxylation is 2. The second-order valence-electron chi connectivity index (χ2n) is 6.30. The first kappa shape index (κ1) is 14.0. The van der Waals surface area contributed by atoms with Gasteiger partial charge in [-0.25, -0.2) is 4.79 Å². The predicted octanol–water partition coefficient (Wildman–Crippen LogP) is 2.31. The number of hydrogen-bond donors (Lipinski definition) is 1. The van der Waals surface area contributed by atoms with Crippen LogP contribution in [-0.4, -0.2) is 28.4 Å². The van der Waals surface area contributed by atoms with Gasteiger partial charge in [0.25, 0.3) is 0 Å². The number of carbonyl (C=O) groups excluding carboxylic acids is 2. The molecule has 1 aromatic rings. The second kappa shape index (κ2) is 5.13. The van der Waals surface area contributed by atoms with Crippen molar-refractivity contribution in [2.24, 2.45) is 5.41 Å². The van der Waals surface area contributed by atoms with Gasteiger partial charge in [-0.2, -0.15) is 0 Å². The zero-order chi connectivity index (χ0) is 15.0. The van der Waals surface area contributed by atoms with Gasteiger partial charge in [0, 0.05) is 17.9 Å². The fourth-order valence-corrected chi connectivity index (χ4v) is 3.58. The molecule has 2 aliphatic rings. The Labute approximate surface area is 124 Å². The number of aromatic nitrogens is 1. The van der Waals surface area contributed by atoms with Crippen LogP contribution in [0, 0.1) is 19.3 Å². The molecule has 1 aliphatic carbocycles. The molecule has 0 aromatic carbocycles. The van der Waals surface area contributed by atoms with Gasteiger partial charge in [-0.1, -0.05) is 12.8 Å². The molecule has 0 unspecified atom stereocenters. The van der Waals surface area contributed by atoms with Gasteiger partial charge in [0.1, 0.15) is 0 Å². The fourth-order valence-electron chi connectivity index (χ4n) is 3.58. The van der Waals surface area contributed by atoms with Crippen LogP contribution in [0.3, 0.4) is 0 Å². The van der Waals surface area contributed by atoms with Crippen molar-refractivity contribution in [2.75, 3.05) is 6.54 Å². The number of pyridine rings is 1. The van der Waals surface area contributed by atoms with Gasteiger partial charge in [0.2, 0.25) is 5.91 Å². The third kappa shape index (κ3) is 2.52. The van der Waals surface area contributed by atoms with E-state index in [1.807, 2.05) is 26.0 Å². The van der Waals surface area contributed by atoms with E-state index in [9.17, 15) is 9.59 Å². The quantitative estimate of drug-likeness (QED) is 0.908. The number of rotatable bonds is 2. The number of nitrogens with one attached hydrogen (secondary N) is 1. The average molecular weight is 287 g/mol. The van der Waals surface area contributed by atoms with Crippen molar-refractivity contribution >= 4 is 11.9 Å². The average Bonchev–Trinajstić information content (AvgIpc) is 2.88. The van der Waals surface area contributed by atoms with Gasteiger partial charge in [-0.3, -0.25) is 14.7 Å². The van der Waals surface area contributed by atoms with Crippen LogP contribution in [0.15, 0.2) is 12.1 Å². The fraction of sp³-hybridized carbons (Fsp3) is 0.562. The van der Waals surface area contributed by atoms with Gasteiger partial charge in [-0.15, -0.1) is 0 Å². The minimum atomic E-state index is -0.356. The van der Waals surface area contributed by atoms with Crippen molar-refractivity contribution in [3.63, 3.8) is 0 Å². The summed E-state index contributed by atoms with van der Waals surface area (Å²) in [5, 5.41) is 2.90. The molecule has 1 saturated carbocycles. The summed E-state index contributed by atoms with van der Waals surface area (Å²) < 4.78 is 0. The predicted molar refractivity (Wildman–Crippen MR) is 78.6 cm³/mol. The summed E-state index contributed by atoms with van der Waals surface area (Å²) in [6, 6.07) is 3.59. The molecule has 3 rings (SSSR count). The SMILES string of the molecule is Cc1cc(CN2C(=O)NCC3(CCCC3)C2=O)cc(C)n1. The van der Waals surface area contributed by atoms with Crippen molar-refractivity contribution in [3.05, 3.63) is 29.1 Å². The molecule has 112 valence electrons. The number of urea groups is 1. The number of nitrogens with zero attached hydrogens (tertiary/aromatic N) is 2. The Bertz CT molecular complexity index is 571. The highest BCUT2D eigenvalue weighted by atomic mass is 16.2. The maximum atomic E-state index is 12.8. The number of amides is 3. The maximum Gasteiger partial charge on any atom is 0.324 e. The highest BCUT2D eigenvalue weighted by Gasteiger charge is 2.48. The van der Waals surface area contributed by atoms with E-state index in [0.717, 1.165) is 42.6 Å². The number of hydrogen-bond acceptors (Lipinski definition) is 3. The van der Waals surface area contributed by atoms with E-state index in [-0.39, 0.29) is 17.4 Å². The normalized spacial score (nSPS) is 21.0. The van der Waals surface area contributed by atoms with E-state index >= 15 is 0 Å². The van der Waals surface area contributed by atoms with E-state index in [4.69, 9.17) is 0 Å². The smallest absolute Gasteiger partial charge is 0.324 e. The third-order valence-corrected chi connectivity index (χ3v) is 4.56. The van der Waals surface area contributed by atoms with Crippen LogP contribution < -0.4 is 5.32 Å². The molecule has 3 amide bonds. The lowest BCUT2D eigenvalue weighted by molar-refractivity contribution is -0.141. The molecule has 1 aliphatic heterocycles. The second-order valence-corrected chi connectivity index (χ2v) is 6.30. The lowest BCUT2D eigenvalue weighted by Crippen LogP contribution is -2.59. The molecular weight excluding hydrogens is 266 g/mol. The van der Waals surface area contributed by atoms with Crippen molar-refractivity contribution in [1.82, 2.24) is 15.2 Å². The van der Waals surface area contributed by atoms with E-state index < -0.39 is 0 Å². The summed E-state index contributed by atoms with van der Waals surface area (Å²) >= 11 is 0. The largest absolute Gasteiger partial charge is 0.337 e. The molecule has 21 heavy (non-hydrogen) atoms. The van der Waals surface area contributed by atoms with Crippen molar-refractivity contribution in [2.45, 2.75) is 46.1 Å². The number of carbonyl (C=O) groups is 2. The summed E-state index contributed by atoms with van der Waals surface area (Å²) in [5.74, 6) is -0.00383. The molecule has 5 nitrogen and oxygen atoms in total. The van der Waals surface area contributed by atoms with Crippen LogP contribution in [0.4, 0.5) is 4.79 Å². The molecule has 0 bridgehead atoms. The standard InChI is InChI=1S/C16H21N3O2/c1-11-7-13(8-12(2)18-11)9-19-14(20)16(5-3-4-6-16)10-17-15(19)21/h7-8H,3-6,9-10H2,1-2H3,(H,17,21). The van der Waals surface area contributed by atoms with Crippen LogP contribution >= 0.6 is 0 Å². The summed E-state index contributed by atoms with van der Waals surface area (Å²) in [6.07, 6.45) is 3.92. The van der Waals surface area contributed by atoms with E-state index in [2.05, 4.69) is 10.3 Å². The Hall–Kier alpha value is -1.91. The van der Waals surface area contributed by atoms with Crippen molar-refractivity contribution in [3.8, 4) is 0 Å². The van der Waals surface area contributed by atoms with E-state index in [0.29, 0.717) is 13.1 Å². The lowest BCUT2D eigenvalue weighted by Gasteiger charge is -2.38. The molecule has 1 spiro atoms. The Morgan fingerprint density at radius 2 is 1.81 bits per heavy atom. The van der Waals surface area contributed by atoms with Crippen LogP contribution in [0.25, 0.3) is 0 Å².